The van der Waals surface area contributed by atoms with E-state index in [0.717, 1.165) is 11.9 Å². The number of hydrogen-bond acceptors (Lipinski definition) is 6. The van der Waals surface area contributed by atoms with Crippen molar-refractivity contribution in [2.24, 2.45) is 0 Å². The van der Waals surface area contributed by atoms with Crippen LogP contribution in [0.1, 0.15) is 6.42 Å². The number of halogens is 1. The van der Waals surface area contributed by atoms with Crippen molar-refractivity contribution >= 4 is 40.3 Å². The molecule has 0 aliphatic carbocycles. The van der Waals surface area contributed by atoms with Crippen LogP contribution in [0.15, 0.2) is 18.6 Å². The zero-order valence-corrected chi connectivity index (χ0v) is 13.1. The van der Waals surface area contributed by atoms with Gasteiger partial charge in [-0.15, -0.1) is 10.2 Å². The average molecular weight is 346 g/mol. The van der Waals surface area contributed by atoms with Crippen LogP contribution in [-0.2, 0) is 0 Å². The molecule has 5 heterocycles. The van der Waals surface area contributed by atoms with Crippen LogP contribution in [0.4, 0.5) is 10.6 Å². The van der Waals surface area contributed by atoms with E-state index in [4.69, 9.17) is 11.6 Å². The van der Waals surface area contributed by atoms with Crippen molar-refractivity contribution in [3.8, 4) is 0 Å². The van der Waals surface area contributed by atoms with Gasteiger partial charge in [0.2, 0.25) is 5.65 Å². The van der Waals surface area contributed by atoms with Gasteiger partial charge in [0.1, 0.15) is 6.33 Å². The lowest BCUT2D eigenvalue weighted by Crippen LogP contribution is -2.48. The number of aromatic nitrogens is 5. The normalized spacial score (nSPS) is 22.9. The van der Waals surface area contributed by atoms with E-state index in [2.05, 4.69) is 25.1 Å². The number of fused-ring (bicyclic) bond motifs is 5. The maximum Gasteiger partial charge on any atom is 0.407 e. The minimum atomic E-state index is -0.863. The lowest BCUT2D eigenvalue weighted by Gasteiger charge is -2.33. The molecule has 0 aromatic carbocycles. The summed E-state index contributed by atoms with van der Waals surface area (Å²) in [6.07, 6.45) is 3.11. The van der Waals surface area contributed by atoms with Gasteiger partial charge in [-0.05, 0) is 12.5 Å². The number of carbonyl (C=O) groups is 1. The Morgan fingerprint density at radius 1 is 1.33 bits per heavy atom. The smallest absolute Gasteiger partial charge is 0.407 e. The molecule has 2 saturated heterocycles. The van der Waals surface area contributed by atoms with Crippen molar-refractivity contribution < 1.29 is 9.90 Å². The summed E-state index contributed by atoms with van der Waals surface area (Å²) in [5.41, 5.74) is 1.92. The van der Waals surface area contributed by atoms with Crippen LogP contribution in [0.2, 0.25) is 5.02 Å². The van der Waals surface area contributed by atoms with Crippen LogP contribution < -0.4 is 4.90 Å². The molecule has 2 aliphatic rings. The molecule has 0 spiro atoms. The number of rotatable bonds is 1. The summed E-state index contributed by atoms with van der Waals surface area (Å²) in [4.78, 5) is 23.8. The largest absolute Gasteiger partial charge is 0.465 e. The van der Waals surface area contributed by atoms with Crippen LogP contribution in [0.3, 0.4) is 0 Å². The van der Waals surface area contributed by atoms with Crippen LogP contribution in [0.5, 0.6) is 0 Å². The number of carboxylic acid groups (broad SMARTS) is 1. The molecule has 9 nitrogen and oxygen atoms in total. The summed E-state index contributed by atoms with van der Waals surface area (Å²) in [5, 5.41) is 17.9. The minimum Gasteiger partial charge on any atom is -0.465 e. The van der Waals surface area contributed by atoms with Crippen molar-refractivity contribution in [1.82, 2.24) is 29.5 Å². The highest BCUT2D eigenvalue weighted by Gasteiger charge is 2.46. The predicted octanol–water partition coefficient (Wildman–Crippen LogP) is 1.27. The summed E-state index contributed by atoms with van der Waals surface area (Å²) < 4.78 is 1.82. The second-order valence-electron chi connectivity index (χ2n) is 6.09. The topological polar surface area (TPSA) is 99.8 Å². The fourth-order valence-corrected chi connectivity index (χ4v) is 3.90. The lowest BCUT2D eigenvalue weighted by molar-refractivity contribution is 0.137. The third kappa shape index (κ3) is 1.78. The Bertz CT molecular complexity index is 990. The van der Waals surface area contributed by atoms with Gasteiger partial charge in [-0.2, -0.15) is 0 Å². The molecule has 2 aliphatic heterocycles. The first-order chi connectivity index (χ1) is 11.6. The molecular weight excluding hydrogens is 334 g/mol. The van der Waals surface area contributed by atoms with Crippen LogP contribution in [0, 0.1) is 0 Å². The second kappa shape index (κ2) is 4.67. The molecule has 2 unspecified atom stereocenters. The van der Waals surface area contributed by atoms with Gasteiger partial charge in [-0.1, -0.05) is 11.6 Å². The van der Waals surface area contributed by atoms with Crippen molar-refractivity contribution in [3.05, 3.63) is 23.6 Å². The highest BCUT2D eigenvalue weighted by atomic mass is 35.5. The Balaban J connectivity index is 1.64. The summed E-state index contributed by atoms with van der Waals surface area (Å²) in [6.45, 7) is 1.08. The van der Waals surface area contributed by atoms with Gasteiger partial charge in [0, 0.05) is 19.3 Å². The van der Waals surface area contributed by atoms with Crippen molar-refractivity contribution in [1.29, 1.82) is 0 Å². The number of hydrogen-bond donors (Lipinski definition) is 1. The number of pyridine rings is 1. The first-order valence-electron chi connectivity index (χ1n) is 7.53. The molecule has 3 aromatic rings. The molecular formula is C14H12ClN7O2. The maximum absolute atomic E-state index is 11.3. The zero-order valence-electron chi connectivity index (χ0n) is 12.4. The highest BCUT2D eigenvalue weighted by molar-refractivity contribution is 6.31. The van der Waals surface area contributed by atoms with Crippen molar-refractivity contribution in [2.75, 3.05) is 18.0 Å². The molecule has 3 aromatic heterocycles. The quantitative estimate of drug-likeness (QED) is 0.708. The van der Waals surface area contributed by atoms with Gasteiger partial charge in [-0.25, -0.2) is 14.8 Å². The number of nitrogens with zero attached hydrogens (tertiary/aromatic N) is 7. The number of piperazine rings is 1. The maximum atomic E-state index is 11.3. The standard InChI is InChI=1S/C14H12ClN7O2/c15-7-1-10-11(16-3-7)18-12(13-19-17-6-22(10)13)20-4-9-2-8(20)5-21(9)14(23)24/h1,3,6,8-9H,2,4-5H2,(H,23,24). The summed E-state index contributed by atoms with van der Waals surface area (Å²) in [5.74, 6) is 0.687. The van der Waals surface area contributed by atoms with Gasteiger partial charge in [-0.3, -0.25) is 4.40 Å². The fourth-order valence-electron chi connectivity index (χ4n) is 3.75. The molecule has 122 valence electrons. The first-order valence-corrected chi connectivity index (χ1v) is 7.91. The first kappa shape index (κ1) is 13.7. The summed E-state index contributed by atoms with van der Waals surface area (Å²) in [7, 11) is 0. The van der Waals surface area contributed by atoms with Crippen LogP contribution >= 0.6 is 11.6 Å². The molecule has 2 atom stereocenters. The Kier molecular flexibility index (Phi) is 2.67. The molecule has 0 saturated carbocycles. The Morgan fingerprint density at radius 2 is 2.21 bits per heavy atom. The SMILES string of the molecule is O=C(O)N1CC2CC1CN2c1nc2ncc(Cl)cc2n2cnnc12. The zero-order chi connectivity index (χ0) is 16.4. The molecule has 0 radical (unpaired) electrons. The summed E-state index contributed by atoms with van der Waals surface area (Å²) >= 11 is 6.03. The van der Waals surface area contributed by atoms with E-state index in [1.165, 1.54) is 4.90 Å². The molecule has 2 bridgehead atoms. The number of likely N-dealkylation sites (tertiary alicyclic amines) is 1. The van der Waals surface area contributed by atoms with Crippen molar-refractivity contribution in [3.63, 3.8) is 0 Å². The minimum absolute atomic E-state index is 0.00820. The van der Waals surface area contributed by atoms with E-state index < -0.39 is 6.09 Å². The molecule has 5 rings (SSSR count). The fraction of sp³-hybridized carbons (Fsp3) is 0.357. The molecule has 24 heavy (non-hydrogen) atoms. The lowest BCUT2D eigenvalue weighted by atomic mass is 10.2. The van der Waals surface area contributed by atoms with Gasteiger partial charge in [0.25, 0.3) is 0 Å². The number of anilines is 1. The van der Waals surface area contributed by atoms with E-state index in [1.54, 1.807) is 18.6 Å². The van der Waals surface area contributed by atoms with E-state index in [1.807, 2.05) is 4.40 Å². The van der Waals surface area contributed by atoms with E-state index in [-0.39, 0.29) is 12.1 Å². The van der Waals surface area contributed by atoms with Gasteiger partial charge in [0.15, 0.2) is 11.5 Å². The van der Waals surface area contributed by atoms with Crippen LogP contribution in [-0.4, -0.2) is 65.8 Å². The Hall–Kier alpha value is -2.68. The Labute approximate surface area is 140 Å². The molecule has 10 heteroatoms. The molecule has 1 N–H and O–H groups in total. The van der Waals surface area contributed by atoms with Gasteiger partial charge in [0.05, 0.1) is 22.6 Å². The average Bonchev–Trinajstić information content (AvgIpc) is 3.28. The third-order valence-electron chi connectivity index (χ3n) is 4.79. The number of amides is 1. The van der Waals surface area contributed by atoms with Gasteiger partial charge >= 0.3 is 6.09 Å². The van der Waals surface area contributed by atoms with Crippen LogP contribution in [0.25, 0.3) is 16.8 Å². The predicted molar refractivity (Wildman–Crippen MR) is 85.4 cm³/mol. The second-order valence-corrected chi connectivity index (χ2v) is 6.52. The molecule has 1 amide bonds. The van der Waals surface area contributed by atoms with E-state index in [0.29, 0.717) is 35.2 Å². The Morgan fingerprint density at radius 3 is 2.96 bits per heavy atom. The van der Waals surface area contributed by atoms with E-state index >= 15 is 0 Å². The van der Waals surface area contributed by atoms with Gasteiger partial charge < -0.3 is 14.9 Å². The summed E-state index contributed by atoms with van der Waals surface area (Å²) in [6, 6.07) is 1.87. The third-order valence-corrected chi connectivity index (χ3v) is 5.00. The van der Waals surface area contributed by atoms with E-state index in [9.17, 15) is 9.90 Å². The molecule has 2 fully saturated rings. The van der Waals surface area contributed by atoms with Crippen molar-refractivity contribution in [2.45, 2.75) is 18.5 Å². The monoisotopic (exact) mass is 345 g/mol. The highest BCUT2D eigenvalue weighted by Crippen LogP contribution is 2.36.